The maximum Gasteiger partial charge on any atom is 0.206 e. The number of aromatic amines is 1. The van der Waals surface area contributed by atoms with Crippen LogP contribution < -0.4 is 5.46 Å². The molecule has 0 aliphatic rings. The van der Waals surface area contributed by atoms with Gasteiger partial charge in [0.2, 0.25) is 5.71 Å². The van der Waals surface area contributed by atoms with Gasteiger partial charge in [0, 0.05) is 16.3 Å². The number of hydrogen-bond donors (Lipinski definition) is 1. The number of fused-ring (bicyclic) bond motifs is 5. The van der Waals surface area contributed by atoms with Crippen molar-refractivity contribution in [2.75, 3.05) is 0 Å². The summed E-state index contributed by atoms with van der Waals surface area (Å²) in [7, 11) is 5.95. The van der Waals surface area contributed by atoms with Gasteiger partial charge in [0.25, 0.3) is 0 Å². The monoisotopic (exact) mass is 217 g/mol. The molecule has 2 radical (unpaired) electrons. The molecule has 0 saturated carbocycles. The Bertz CT molecular complexity index is 856. The molecule has 0 aliphatic carbocycles. The molecular weight excluding hydrogens is 209 g/mol. The zero-order valence-electron chi connectivity index (χ0n) is 9.03. The molecule has 0 atom stereocenters. The number of para-hydroxylation sites is 2. The summed E-state index contributed by atoms with van der Waals surface area (Å²) in [6.45, 7) is 0. The zero-order chi connectivity index (χ0) is 11.4. The van der Waals surface area contributed by atoms with Crippen LogP contribution >= 0.6 is 0 Å². The van der Waals surface area contributed by atoms with Crippen molar-refractivity contribution in [3.05, 3.63) is 42.5 Å². The molecule has 0 unspecified atom stereocenters. The normalized spacial score (nSPS) is 11.8. The number of benzene rings is 2. The van der Waals surface area contributed by atoms with Gasteiger partial charge in [-0.1, -0.05) is 41.9 Å². The van der Waals surface area contributed by atoms with Crippen molar-refractivity contribution in [1.82, 2.24) is 4.98 Å². The lowest BCUT2D eigenvalue weighted by molar-refractivity contribution is 0.657. The van der Waals surface area contributed by atoms with Crippen molar-refractivity contribution < 1.29 is 4.42 Å². The lowest BCUT2D eigenvalue weighted by Gasteiger charge is -1.95. The fourth-order valence-corrected chi connectivity index (χ4v) is 2.43. The van der Waals surface area contributed by atoms with Gasteiger partial charge < -0.3 is 9.40 Å². The second-order valence-electron chi connectivity index (χ2n) is 4.20. The molecule has 4 aromatic rings. The third-order valence-electron chi connectivity index (χ3n) is 3.20. The van der Waals surface area contributed by atoms with E-state index in [0.29, 0.717) is 0 Å². The van der Waals surface area contributed by atoms with Crippen LogP contribution in [-0.4, -0.2) is 12.8 Å². The standard InChI is InChI=1S/C14H8BNO/c15-10-6-3-5-9-12-8-4-1-2-7-11(8)17-14(12)16-13(9)10/h1-7,16H. The predicted octanol–water partition coefficient (Wildman–Crippen LogP) is 2.86. The predicted molar refractivity (Wildman–Crippen MR) is 71.0 cm³/mol. The molecule has 2 aromatic heterocycles. The van der Waals surface area contributed by atoms with Gasteiger partial charge in [0.05, 0.1) is 5.39 Å². The number of furan rings is 1. The summed E-state index contributed by atoms with van der Waals surface area (Å²) in [6.07, 6.45) is 0. The Hall–Kier alpha value is -2.16. The van der Waals surface area contributed by atoms with Crippen LogP contribution in [0.4, 0.5) is 0 Å². The molecule has 2 nitrogen and oxygen atoms in total. The van der Waals surface area contributed by atoms with E-state index in [-0.39, 0.29) is 0 Å². The molecule has 0 spiro atoms. The van der Waals surface area contributed by atoms with E-state index in [0.717, 1.165) is 38.4 Å². The Labute approximate surface area is 98.6 Å². The Morgan fingerprint density at radius 1 is 0.941 bits per heavy atom. The molecule has 1 N–H and O–H groups in total. The Morgan fingerprint density at radius 3 is 2.71 bits per heavy atom. The van der Waals surface area contributed by atoms with E-state index in [2.05, 4.69) is 17.1 Å². The summed E-state index contributed by atoms with van der Waals surface area (Å²) in [5.41, 5.74) is 3.39. The molecule has 2 heterocycles. The minimum Gasteiger partial charge on any atom is -0.440 e. The Morgan fingerprint density at radius 2 is 1.76 bits per heavy atom. The van der Waals surface area contributed by atoms with Gasteiger partial charge in [0.15, 0.2) is 0 Å². The van der Waals surface area contributed by atoms with Gasteiger partial charge in [-0.2, -0.15) is 0 Å². The van der Waals surface area contributed by atoms with Crippen molar-refractivity contribution >= 4 is 46.3 Å². The van der Waals surface area contributed by atoms with Crippen LogP contribution in [0.5, 0.6) is 0 Å². The van der Waals surface area contributed by atoms with E-state index in [9.17, 15) is 0 Å². The molecule has 0 amide bonds. The van der Waals surface area contributed by atoms with Gasteiger partial charge in [-0.15, -0.1) is 0 Å². The topological polar surface area (TPSA) is 28.9 Å². The first kappa shape index (κ1) is 8.94. The highest BCUT2D eigenvalue weighted by Crippen LogP contribution is 2.33. The van der Waals surface area contributed by atoms with Crippen LogP contribution in [0.25, 0.3) is 33.0 Å². The van der Waals surface area contributed by atoms with E-state index >= 15 is 0 Å². The highest BCUT2D eigenvalue weighted by Gasteiger charge is 2.12. The number of H-pyrrole nitrogens is 1. The van der Waals surface area contributed by atoms with E-state index in [4.69, 9.17) is 12.3 Å². The molecule has 0 bridgehead atoms. The highest BCUT2D eigenvalue weighted by molar-refractivity contribution is 6.40. The summed E-state index contributed by atoms with van der Waals surface area (Å²) < 4.78 is 5.78. The van der Waals surface area contributed by atoms with Gasteiger partial charge in [0.1, 0.15) is 13.4 Å². The number of rotatable bonds is 0. The summed E-state index contributed by atoms with van der Waals surface area (Å²) >= 11 is 0. The molecule has 17 heavy (non-hydrogen) atoms. The third kappa shape index (κ3) is 1.06. The van der Waals surface area contributed by atoms with Crippen LogP contribution in [0.3, 0.4) is 0 Å². The van der Waals surface area contributed by atoms with E-state index < -0.39 is 0 Å². The van der Waals surface area contributed by atoms with Gasteiger partial charge in [-0.3, -0.25) is 0 Å². The van der Waals surface area contributed by atoms with Crippen LogP contribution in [-0.2, 0) is 0 Å². The molecular formula is C14H8BNO. The van der Waals surface area contributed by atoms with E-state index in [1.807, 2.05) is 30.3 Å². The van der Waals surface area contributed by atoms with Crippen molar-refractivity contribution in [2.24, 2.45) is 0 Å². The van der Waals surface area contributed by atoms with Crippen molar-refractivity contribution in [3.8, 4) is 0 Å². The summed E-state index contributed by atoms with van der Waals surface area (Å²) in [4.78, 5) is 3.24. The molecule has 0 fully saturated rings. The first-order valence-corrected chi connectivity index (χ1v) is 5.52. The minimum atomic E-state index is 0.748. The summed E-state index contributed by atoms with van der Waals surface area (Å²) in [6, 6.07) is 13.9. The van der Waals surface area contributed by atoms with E-state index in [1.165, 1.54) is 0 Å². The zero-order valence-corrected chi connectivity index (χ0v) is 9.03. The first-order chi connectivity index (χ1) is 8.34. The fourth-order valence-electron chi connectivity index (χ4n) is 2.43. The van der Waals surface area contributed by atoms with Gasteiger partial charge in [-0.05, 0) is 6.07 Å². The second kappa shape index (κ2) is 2.95. The molecule has 4 rings (SSSR count). The lowest BCUT2D eigenvalue weighted by atomic mass is 9.93. The second-order valence-corrected chi connectivity index (χ2v) is 4.20. The number of nitrogens with one attached hydrogen (secondary N) is 1. The fraction of sp³-hybridized carbons (Fsp3) is 0. The smallest absolute Gasteiger partial charge is 0.206 e. The summed E-state index contributed by atoms with van der Waals surface area (Å²) in [5, 5.41) is 3.35. The van der Waals surface area contributed by atoms with Gasteiger partial charge >= 0.3 is 0 Å². The minimum absolute atomic E-state index is 0.748. The highest BCUT2D eigenvalue weighted by atomic mass is 16.3. The average Bonchev–Trinajstić information content (AvgIpc) is 2.85. The largest absolute Gasteiger partial charge is 0.440 e. The van der Waals surface area contributed by atoms with Crippen LogP contribution in [0.1, 0.15) is 0 Å². The number of hydrogen-bond acceptors (Lipinski definition) is 1. The molecule has 3 heteroatoms. The summed E-state index contributed by atoms with van der Waals surface area (Å²) in [5.74, 6) is 0. The van der Waals surface area contributed by atoms with Crippen LogP contribution in [0, 0.1) is 0 Å². The Kier molecular flexibility index (Phi) is 1.55. The lowest BCUT2D eigenvalue weighted by Crippen LogP contribution is -2.02. The maximum absolute atomic E-state index is 5.95. The molecule has 78 valence electrons. The van der Waals surface area contributed by atoms with E-state index in [1.54, 1.807) is 0 Å². The molecule has 0 saturated heterocycles. The quantitative estimate of drug-likeness (QED) is 0.451. The van der Waals surface area contributed by atoms with Gasteiger partial charge in [-0.25, -0.2) is 0 Å². The van der Waals surface area contributed by atoms with Crippen molar-refractivity contribution in [1.29, 1.82) is 0 Å². The van der Waals surface area contributed by atoms with Crippen LogP contribution in [0.2, 0.25) is 0 Å². The molecule has 0 aliphatic heterocycles. The Balaban J connectivity index is 2.36. The first-order valence-electron chi connectivity index (χ1n) is 5.52. The van der Waals surface area contributed by atoms with Crippen molar-refractivity contribution in [3.63, 3.8) is 0 Å². The third-order valence-corrected chi connectivity index (χ3v) is 3.20. The number of aromatic nitrogens is 1. The van der Waals surface area contributed by atoms with Crippen LogP contribution in [0.15, 0.2) is 46.9 Å². The average molecular weight is 217 g/mol. The molecule has 2 aromatic carbocycles. The van der Waals surface area contributed by atoms with Crippen molar-refractivity contribution in [2.45, 2.75) is 0 Å². The maximum atomic E-state index is 5.95. The SMILES string of the molecule is [B]c1cccc2c1[nH]c1oc3ccccc3c12.